The highest BCUT2D eigenvalue weighted by Gasteiger charge is 2.15. The molecule has 1 amide bonds. The van der Waals surface area contributed by atoms with Crippen molar-refractivity contribution in [2.45, 2.75) is 13.0 Å². The Morgan fingerprint density at radius 1 is 1.17 bits per heavy atom. The number of nitrogens with zero attached hydrogens (tertiary/aromatic N) is 1. The van der Waals surface area contributed by atoms with E-state index in [9.17, 15) is 9.18 Å². The third-order valence-electron chi connectivity index (χ3n) is 3.52. The fraction of sp³-hybridized carbons (Fsp3) is 0.111. The number of hydrogen-bond acceptors (Lipinski definition) is 2. The number of carbonyl (C=O) groups is 1. The van der Waals surface area contributed by atoms with Crippen LogP contribution in [0.4, 0.5) is 4.39 Å². The first kappa shape index (κ1) is 15.0. The topological polar surface area (TPSA) is 57.8 Å². The van der Waals surface area contributed by atoms with Crippen molar-refractivity contribution in [2.75, 3.05) is 0 Å². The second kappa shape index (κ2) is 6.44. The minimum Gasteiger partial charge on any atom is -0.342 e. The molecule has 0 saturated heterocycles. The van der Waals surface area contributed by atoms with E-state index in [0.717, 1.165) is 11.3 Å². The molecule has 5 heteroatoms. The molecule has 0 radical (unpaired) electrons. The van der Waals surface area contributed by atoms with Gasteiger partial charge in [-0.3, -0.25) is 4.79 Å². The quantitative estimate of drug-likeness (QED) is 0.772. The first-order chi connectivity index (χ1) is 11.1. The van der Waals surface area contributed by atoms with Crippen molar-refractivity contribution in [1.29, 1.82) is 0 Å². The number of imidazole rings is 1. The Morgan fingerprint density at radius 2 is 1.96 bits per heavy atom. The maximum Gasteiger partial charge on any atom is 0.251 e. The van der Waals surface area contributed by atoms with Crippen molar-refractivity contribution in [3.63, 3.8) is 0 Å². The summed E-state index contributed by atoms with van der Waals surface area (Å²) in [6.45, 7) is 1.82. The molecule has 0 aliphatic heterocycles. The number of aromatic amines is 1. The van der Waals surface area contributed by atoms with Crippen LogP contribution >= 0.6 is 0 Å². The molecule has 3 aromatic rings. The minimum absolute atomic E-state index is 0.284. The Balaban J connectivity index is 1.73. The first-order valence-electron chi connectivity index (χ1n) is 7.30. The molecule has 1 unspecified atom stereocenters. The number of amides is 1. The zero-order valence-electron chi connectivity index (χ0n) is 12.6. The van der Waals surface area contributed by atoms with Gasteiger partial charge in [0.15, 0.2) is 0 Å². The largest absolute Gasteiger partial charge is 0.342 e. The van der Waals surface area contributed by atoms with Gasteiger partial charge in [-0.25, -0.2) is 9.37 Å². The lowest BCUT2D eigenvalue weighted by molar-refractivity contribution is 0.0938. The van der Waals surface area contributed by atoms with Gasteiger partial charge in [-0.05, 0) is 30.7 Å². The lowest BCUT2D eigenvalue weighted by atomic mass is 10.2. The summed E-state index contributed by atoms with van der Waals surface area (Å²) in [6.07, 6.45) is 1.73. The fourth-order valence-electron chi connectivity index (χ4n) is 2.30. The third-order valence-corrected chi connectivity index (χ3v) is 3.52. The molecule has 4 nitrogen and oxygen atoms in total. The van der Waals surface area contributed by atoms with Crippen LogP contribution in [0, 0.1) is 5.82 Å². The fourth-order valence-corrected chi connectivity index (χ4v) is 2.30. The van der Waals surface area contributed by atoms with E-state index in [4.69, 9.17) is 0 Å². The second-order valence-corrected chi connectivity index (χ2v) is 5.25. The molecule has 0 aliphatic rings. The molecular formula is C18H16FN3O. The summed E-state index contributed by atoms with van der Waals surface area (Å²) in [6, 6.07) is 15.1. The van der Waals surface area contributed by atoms with Crippen LogP contribution in [0.1, 0.15) is 29.1 Å². The summed E-state index contributed by atoms with van der Waals surface area (Å²) < 4.78 is 13.2. The highest BCUT2D eigenvalue weighted by Crippen LogP contribution is 2.19. The Morgan fingerprint density at radius 3 is 2.70 bits per heavy atom. The van der Waals surface area contributed by atoms with Gasteiger partial charge in [-0.1, -0.05) is 36.4 Å². The molecule has 2 N–H and O–H groups in total. The van der Waals surface area contributed by atoms with Gasteiger partial charge in [-0.2, -0.15) is 0 Å². The number of benzene rings is 2. The predicted molar refractivity (Wildman–Crippen MR) is 86.3 cm³/mol. The van der Waals surface area contributed by atoms with Crippen LogP contribution in [-0.2, 0) is 0 Å². The molecule has 0 fully saturated rings. The monoisotopic (exact) mass is 309 g/mol. The zero-order valence-corrected chi connectivity index (χ0v) is 12.6. The molecule has 2 aromatic carbocycles. The summed E-state index contributed by atoms with van der Waals surface area (Å²) in [5.41, 5.74) is 2.19. The van der Waals surface area contributed by atoms with E-state index < -0.39 is 5.82 Å². The van der Waals surface area contributed by atoms with Gasteiger partial charge in [0.2, 0.25) is 0 Å². The smallest absolute Gasteiger partial charge is 0.251 e. The summed E-state index contributed by atoms with van der Waals surface area (Å²) >= 11 is 0. The van der Waals surface area contributed by atoms with Crippen LogP contribution in [0.3, 0.4) is 0 Å². The molecule has 1 aromatic heterocycles. The number of rotatable bonds is 4. The number of hydrogen-bond donors (Lipinski definition) is 2. The Labute approximate surface area is 133 Å². The van der Waals surface area contributed by atoms with Gasteiger partial charge in [0.05, 0.1) is 17.9 Å². The van der Waals surface area contributed by atoms with Gasteiger partial charge < -0.3 is 10.3 Å². The summed E-state index contributed by atoms with van der Waals surface area (Å²) in [5, 5.41) is 2.81. The van der Waals surface area contributed by atoms with E-state index in [1.54, 1.807) is 12.3 Å². The van der Waals surface area contributed by atoms with Crippen molar-refractivity contribution in [3.05, 3.63) is 78.0 Å². The van der Waals surface area contributed by atoms with Crippen molar-refractivity contribution >= 4 is 5.91 Å². The van der Waals surface area contributed by atoms with Crippen LogP contribution in [0.25, 0.3) is 11.3 Å². The van der Waals surface area contributed by atoms with Crippen molar-refractivity contribution in [2.24, 2.45) is 0 Å². The zero-order chi connectivity index (χ0) is 16.2. The van der Waals surface area contributed by atoms with Crippen molar-refractivity contribution < 1.29 is 9.18 Å². The highest BCUT2D eigenvalue weighted by atomic mass is 19.1. The average Bonchev–Trinajstić information content (AvgIpc) is 3.06. The molecule has 0 bridgehead atoms. The molecule has 3 rings (SSSR count). The first-order valence-corrected chi connectivity index (χ1v) is 7.30. The van der Waals surface area contributed by atoms with Gasteiger partial charge >= 0.3 is 0 Å². The number of halogens is 1. The highest BCUT2D eigenvalue weighted by molar-refractivity contribution is 5.94. The van der Waals surface area contributed by atoms with E-state index in [1.165, 1.54) is 18.2 Å². The third kappa shape index (κ3) is 3.45. The molecule has 1 heterocycles. The molecule has 23 heavy (non-hydrogen) atoms. The van der Waals surface area contributed by atoms with E-state index in [0.29, 0.717) is 5.82 Å². The number of nitrogens with one attached hydrogen (secondary N) is 2. The van der Waals surface area contributed by atoms with Gasteiger partial charge in [0, 0.05) is 5.56 Å². The van der Waals surface area contributed by atoms with E-state index in [2.05, 4.69) is 15.3 Å². The Hall–Kier alpha value is -2.95. The molecule has 1 atom stereocenters. The number of carbonyl (C=O) groups excluding carboxylic acids is 1. The van der Waals surface area contributed by atoms with Gasteiger partial charge in [0.1, 0.15) is 11.6 Å². The molecular weight excluding hydrogens is 293 g/mol. The predicted octanol–water partition coefficient (Wildman–Crippen LogP) is 3.71. The SMILES string of the molecule is CC(NC(=O)c1cccc(F)c1)c1ncc(-c2ccccc2)[nH]1. The number of H-pyrrole nitrogens is 1. The Kier molecular flexibility index (Phi) is 4.19. The van der Waals surface area contributed by atoms with E-state index >= 15 is 0 Å². The lowest BCUT2D eigenvalue weighted by Crippen LogP contribution is -2.27. The summed E-state index contributed by atoms with van der Waals surface area (Å²) in [7, 11) is 0. The van der Waals surface area contributed by atoms with Crippen LogP contribution < -0.4 is 5.32 Å². The van der Waals surface area contributed by atoms with Gasteiger partial charge in [0.25, 0.3) is 5.91 Å². The van der Waals surface area contributed by atoms with Crippen LogP contribution in [-0.4, -0.2) is 15.9 Å². The lowest BCUT2D eigenvalue weighted by Gasteiger charge is -2.11. The minimum atomic E-state index is -0.435. The summed E-state index contributed by atoms with van der Waals surface area (Å²) in [4.78, 5) is 19.6. The number of aromatic nitrogens is 2. The maximum atomic E-state index is 13.2. The summed E-state index contributed by atoms with van der Waals surface area (Å²) in [5.74, 6) is -0.127. The second-order valence-electron chi connectivity index (χ2n) is 5.25. The maximum absolute atomic E-state index is 13.2. The van der Waals surface area contributed by atoms with Crippen LogP contribution in [0.2, 0.25) is 0 Å². The Bertz CT molecular complexity index is 814. The normalized spacial score (nSPS) is 11.9. The van der Waals surface area contributed by atoms with Gasteiger partial charge in [-0.15, -0.1) is 0 Å². The van der Waals surface area contributed by atoms with Crippen molar-refractivity contribution in [1.82, 2.24) is 15.3 Å². The van der Waals surface area contributed by atoms with Crippen LogP contribution in [0.5, 0.6) is 0 Å². The van der Waals surface area contributed by atoms with E-state index in [1.807, 2.05) is 37.3 Å². The molecule has 116 valence electrons. The average molecular weight is 309 g/mol. The molecule has 0 aliphatic carbocycles. The molecule has 0 spiro atoms. The van der Waals surface area contributed by atoms with Crippen molar-refractivity contribution in [3.8, 4) is 11.3 Å². The standard InChI is InChI=1S/C18H16FN3O/c1-12(21-18(23)14-8-5-9-15(19)10-14)17-20-11-16(22-17)13-6-3-2-4-7-13/h2-12H,1H3,(H,20,22)(H,21,23). The van der Waals surface area contributed by atoms with Crippen LogP contribution in [0.15, 0.2) is 60.8 Å². The van der Waals surface area contributed by atoms with E-state index in [-0.39, 0.29) is 17.5 Å². The molecule has 0 saturated carbocycles.